The van der Waals surface area contributed by atoms with Crippen LogP contribution in [0.4, 0.5) is 0 Å². The Morgan fingerprint density at radius 2 is 0.926 bits per heavy atom. The van der Waals surface area contributed by atoms with Crippen molar-refractivity contribution in [2.24, 2.45) is 0 Å². The predicted molar refractivity (Wildman–Crippen MR) is 108 cm³/mol. The molecule has 0 spiro atoms. The maximum Gasteiger partial charge on any atom is 0.346 e. The molecule has 4 rings (SSSR count). The third-order valence-corrected chi connectivity index (χ3v) is 5.03. The fraction of sp³-hybridized carbons (Fsp3) is 0. The summed E-state index contributed by atoms with van der Waals surface area (Å²) in [7, 11) is 0. The van der Waals surface area contributed by atoms with Gasteiger partial charge >= 0.3 is 11.9 Å². The number of fused-ring (bicyclic) bond motifs is 2. The van der Waals surface area contributed by atoms with E-state index in [0.717, 1.165) is 10.8 Å². The van der Waals surface area contributed by atoms with Gasteiger partial charge in [0.05, 0.1) is 11.1 Å². The average Bonchev–Trinajstić information content (AvgIpc) is 2.69. The van der Waals surface area contributed by atoms with E-state index in [2.05, 4.69) is 0 Å². The number of carbonyl (C=O) groups excluding carboxylic acids is 2. The molecule has 0 radical (unpaired) electrons. The van der Waals surface area contributed by atoms with Gasteiger partial charge in [-0.2, -0.15) is 0 Å². The fourth-order valence-corrected chi connectivity index (χ4v) is 3.53. The summed E-state index contributed by atoms with van der Waals surface area (Å²) in [5.74, 6) is -1.46. The molecule has 0 unspecified atom stereocenters. The van der Waals surface area contributed by atoms with E-state index in [1.165, 1.54) is 0 Å². The lowest BCUT2D eigenvalue weighted by molar-refractivity contribution is 0.0400. The Balaban J connectivity index is 1.72. The lowest BCUT2D eigenvalue weighted by atomic mass is 10.0. The summed E-state index contributed by atoms with van der Waals surface area (Å²) in [5, 5.41) is 3.75. The van der Waals surface area contributed by atoms with Crippen LogP contribution >= 0.6 is 23.2 Å². The summed E-state index contributed by atoms with van der Waals surface area (Å²) in [6, 6.07) is 20.7. The molecule has 0 aromatic heterocycles. The third kappa shape index (κ3) is 3.16. The number of hydrogen-bond donors (Lipinski definition) is 0. The van der Waals surface area contributed by atoms with E-state index >= 15 is 0 Å². The molecule has 0 bridgehead atoms. The van der Waals surface area contributed by atoms with Gasteiger partial charge < -0.3 is 4.74 Å². The van der Waals surface area contributed by atoms with Crippen LogP contribution in [0.3, 0.4) is 0 Å². The highest BCUT2D eigenvalue weighted by Gasteiger charge is 2.20. The second-order valence-electron chi connectivity index (χ2n) is 5.96. The summed E-state index contributed by atoms with van der Waals surface area (Å²) < 4.78 is 5.15. The number of carbonyl (C=O) groups is 2. The Morgan fingerprint density at radius 1 is 0.556 bits per heavy atom. The molecule has 0 aliphatic rings. The second kappa shape index (κ2) is 7.03. The molecule has 3 nitrogen and oxygen atoms in total. The summed E-state index contributed by atoms with van der Waals surface area (Å²) in [5.41, 5.74) is 0.559. The maximum absolute atomic E-state index is 12.6. The quantitative estimate of drug-likeness (QED) is 0.296. The molecule has 0 atom stereocenters. The Labute approximate surface area is 165 Å². The molecule has 0 saturated heterocycles. The summed E-state index contributed by atoms with van der Waals surface area (Å²) in [4.78, 5) is 25.3. The average molecular weight is 395 g/mol. The van der Waals surface area contributed by atoms with Gasteiger partial charge in [0.25, 0.3) is 0 Å². The number of halogens is 2. The molecule has 0 N–H and O–H groups in total. The molecule has 5 heteroatoms. The Morgan fingerprint density at radius 3 is 1.33 bits per heavy atom. The van der Waals surface area contributed by atoms with E-state index in [-0.39, 0.29) is 11.1 Å². The van der Waals surface area contributed by atoms with E-state index in [1.807, 2.05) is 24.3 Å². The van der Waals surface area contributed by atoms with Crippen LogP contribution in [0.2, 0.25) is 10.0 Å². The van der Waals surface area contributed by atoms with Gasteiger partial charge in [0.1, 0.15) is 0 Å². The summed E-state index contributed by atoms with van der Waals surface area (Å²) in [6.45, 7) is 0. The molecule has 0 aliphatic heterocycles. The van der Waals surface area contributed by atoms with E-state index in [9.17, 15) is 9.59 Å². The number of ether oxygens (including phenoxy) is 1. The first-order valence-electron chi connectivity index (χ1n) is 8.17. The summed E-state index contributed by atoms with van der Waals surface area (Å²) >= 11 is 12.4. The van der Waals surface area contributed by atoms with Gasteiger partial charge in [0, 0.05) is 20.8 Å². The van der Waals surface area contributed by atoms with E-state index in [1.54, 1.807) is 48.5 Å². The SMILES string of the molecule is O=C(OC(=O)c1ccc(Cl)c2ccccc12)c1ccc(Cl)c2ccccc12. The first kappa shape index (κ1) is 17.5. The lowest BCUT2D eigenvalue weighted by Gasteiger charge is -2.09. The molecule has 0 saturated carbocycles. The highest BCUT2D eigenvalue weighted by Crippen LogP contribution is 2.29. The van der Waals surface area contributed by atoms with Gasteiger partial charge in [-0.25, -0.2) is 9.59 Å². The van der Waals surface area contributed by atoms with Crippen LogP contribution in [0.25, 0.3) is 21.5 Å². The highest BCUT2D eigenvalue weighted by atomic mass is 35.5. The Bertz CT molecular complexity index is 1120. The molecule has 0 aliphatic carbocycles. The highest BCUT2D eigenvalue weighted by molar-refractivity contribution is 6.36. The van der Waals surface area contributed by atoms with Crippen LogP contribution in [0.15, 0.2) is 72.8 Å². The molecule has 0 heterocycles. The van der Waals surface area contributed by atoms with Crippen molar-refractivity contribution in [1.82, 2.24) is 0 Å². The monoisotopic (exact) mass is 394 g/mol. The van der Waals surface area contributed by atoms with Crippen LogP contribution in [-0.4, -0.2) is 11.9 Å². The molecular weight excluding hydrogens is 383 g/mol. The zero-order chi connectivity index (χ0) is 19.0. The molecular formula is C22H12Cl2O3. The van der Waals surface area contributed by atoms with E-state index < -0.39 is 11.9 Å². The van der Waals surface area contributed by atoms with Gasteiger partial charge in [-0.3, -0.25) is 0 Å². The lowest BCUT2D eigenvalue weighted by Crippen LogP contribution is -2.13. The largest absolute Gasteiger partial charge is 0.386 e. The van der Waals surface area contributed by atoms with Crippen LogP contribution in [0.5, 0.6) is 0 Å². The van der Waals surface area contributed by atoms with Crippen molar-refractivity contribution in [1.29, 1.82) is 0 Å². The normalized spacial score (nSPS) is 10.9. The minimum Gasteiger partial charge on any atom is -0.386 e. The number of hydrogen-bond acceptors (Lipinski definition) is 3. The second-order valence-corrected chi connectivity index (χ2v) is 6.77. The molecule has 4 aromatic carbocycles. The maximum atomic E-state index is 12.6. The van der Waals surface area contributed by atoms with Crippen molar-refractivity contribution >= 4 is 56.7 Å². The Kier molecular flexibility index (Phi) is 4.56. The van der Waals surface area contributed by atoms with E-state index in [4.69, 9.17) is 27.9 Å². The standard InChI is InChI=1S/C22H12Cl2O3/c23-19-11-9-17(13-5-1-3-7-15(13)19)21(25)27-22(26)18-10-12-20(24)16-8-4-2-6-14(16)18/h1-12H. The minimum atomic E-state index is -0.730. The molecule has 132 valence electrons. The van der Waals surface area contributed by atoms with Gasteiger partial charge in [-0.1, -0.05) is 71.7 Å². The first-order chi connectivity index (χ1) is 13.1. The van der Waals surface area contributed by atoms with Crippen LogP contribution in [0, 0.1) is 0 Å². The molecule has 27 heavy (non-hydrogen) atoms. The minimum absolute atomic E-state index is 0.279. The van der Waals surface area contributed by atoms with Gasteiger partial charge in [-0.05, 0) is 35.0 Å². The molecule has 0 fully saturated rings. The fourth-order valence-electron chi connectivity index (χ4n) is 3.07. The zero-order valence-electron chi connectivity index (χ0n) is 13.9. The molecule has 0 amide bonds. The van der Waals surface area contributed by atoms with Crippen molar-refractivity contribution in [3.63, 3.8) is 0 Å². The van der Waals surface area contributed by atoms with E-state index in [0.29, 0.717) is 20.8 Å². The van der Waals surface area contributed by atoms with Crippen LogP contribution < -0.4 is 0 Å². The van der Waals surface area contributed by atoms with Crippen molar-refractivity contribution < 1.29 is 14.3 Å². The van der Waals surface area contributed by atoms with Gasteiger partial charge in [0.15, 0.2) is 0 Å². The predicted octanol–water partition coefficient (Wildman–Crippen LogP) is 6.30. The topological polar surface area (TPSA) is 43.4 Å². The molecule has 4 aromatic rings. The Hall–Kier alpha value is -2.88. The number of benzene rings is 4. The van der Waals surface area contributed by atoms with Gasteiger partial charge in [0.2, 0.25) is 0 Å². The summed E-state index contributed by atoms with van der Waals surface area (Å²) in [6.07, 6.45) is 0. The number of rotatable bonds is 2. The van der Waals surface area contributed by atoms with Crippen molar-refractivity contribution in [2.75, 3.05) is 0 Å². The van der Waals surface area contributed by atoms with Crippen molar-refractivity contribution in [3.8, 4) is 0 Å². The number of esters is 2. The first-order valence-corrected chi connectivity index (χ1v) is 8.93. The smallest absolute Gasteiger partial charge is 0.346 e. The van der Waals surface area contributed by atoms with Gasteiger partial charge in [-0.15, -0.1) is 0 Å². The zero-order valence-corrected chi connectivity index (χ0v) is 15.4. The third-order valence-electron chi connectivity index (χ3n) is 4.37. The van der Waals surface area contributed by atoms with Crippen molar-refractivity contribution in [2.45, 2.75) is 0 Å². The van der Waals surface area contributed by atoms with Crippen LogP contribution in [-0.2, 0) is 4.74 Å². The van der Waals surface area contributed by atoms with Crippen LogP contribution in [0.1, 0.15) is 20.7 Å². The van der Waals surface area contributed by atoms with Crippen molar-refractivity contribution in [3.05, 3.63) is 94.0 Å².